The number of carbonyl (C=O) groups excluding carboxylic acids is 2. The molecule has 1 aromatic rings. The number of carbonyl (C=O) groups is 2. The number of aromatic nitrogens is 1. The summed E-state index contributed by atoms with van der Waals surface area (Å²) in [7, 11) is 0. The lowest BCUT2D eigenvalue weighted by Crippen LogP contribution is -2.37. The fourth-order valence-corrected chi connectivity index (χ4v) is 1.65. The summed E-state index contributed by atoms with van der Waals surface area (Å²) in [6, 6.07) is 2.70. The predicted molar refractivity (Wildman–Crippen MR) is 65.0 cm³/mol. The highest BCUT2D eigenvalue weighted by Gasteiger charge is 2.33. The SMILES string of the molecule is CC(C)(C)OC(=O)NC1C(=O)Nc2ncccc21. The van der Waals surface area contributed by atoms with Gasteiger partial charge in [-0.1, -0.05) is 6.07 Å². The molecule has 1 aromatic heterocycles. The Morgan fingerprint density at radius 1 is 1.50 bits per heavy atom. The van der Waals surface area contributed by atoms with E-state index in [1.165, 1.54) is 0 Å². The van der Waals surface area contributed by atoms with E-state index in [1.54, 1.807) is 39.1 Å². The first-order valence-corrected chi connectivity index (χ1v) is 5.62. The van der Waals surface area contributed by atoms with Crippen LogP contribution in [0, 0.1) is 0 Å². The Labute approximate surface area is 105 Å². The largest absolute Gasteiger partial charge is 0.444 e. The first-order chi connectivity index (χ1) is 8.37. The second-order valence-corrected chi connectivity index (χ2v) is 5.01. The van der Waals surface area contributed by atoms with Crippen LogP contribution in [0.2, 0.25) is 0 Å². The Morgan fingerprint density at radius 2 is 2.22 bits per heavy atom. The van der Waals surface area contributed by atoms with Gasteiger partial charge in [0.05, 0.1) is 0 Å². The molecular formula is C12H15N3O3. The number of ether oxygens (including phenoxy) is 1. The van der Waals surface area contributed by atoms with Gasteiger partial charge in [0.25, 0.3) is 5.91 Å². The van der Waals surface area contributed by atoms with Crippen LogP contribution in [0.15, 0.2) is 18.3 Å². The van der Waals surface area contributed by atoms with Gasteiger partial charge in [0, 0.05) is 11.8 Å². The average molecular weight is 249 g/mol. The van der Waals surface area contributed by atoms with Crippen molar-refractivity contribution in [3.8, 4) is 0 Å². The van der Waals surface area contributed by atoms with Gasteiger partial charge in [0.15, 0.2) is 0 Å². The summed E-state index contributed by atoms with van der Waals surface area (Å²) in [4.78, 5) is 27.4. The van der Waals surface area contributed by atoms with E-state index >= 15 is 0 Å². The van der Waals surface area contributed by atoms with E-state index in [9.17, 15) is 9.59 Å². The molecule has 0 saturated carbocycles. The molecule has 1 aliphatic heterocycles. The van der Waals surface area contributed by atoms with Crippen molar-refractivity contribution < 1.29 is 14.3 Å². The molecule has 0 aliphatic carbocycles. The van der Waals surface area contributed by atoms with E-state index in [4.69, 9.17) is 4.74 Å². The van der Waals surface area contributed by atoms with Gasteiger partial charge in [-0.2, -0.15) is 0 Å². The summed E-state index contributed by atoms with van der Waals surface area (Å²) in [5.41, 5.74) is 0.0464. The molecule has 2 rings (SSSR count). The maximum Gasteiger partial charge on any atom is 0.408 e. The van der Waals surface area contributed by atoms with Crippen LogP contribution in [0.3, 0.4) is 0 Å². The summed E-state index contributed by atoms with van der Waals surface area (Å²) in [5.74, 6) is 0.165. The molecule has 1 unspecified atom stereocenters. The lowest BCUT2D eigenvalue weighted by molar-refractivity contribution is -0.117. The number of alkyl carbamates (subject to hydrolysis) is 1. The molecule has 0 fully saturated rings. The summed E-state index contributed by atoms with van der Waals surface area (Å²) in [6.45, 7) is 5.28. The van der Waals surface area contributed by atoms with E-state index in [1.807, 2.05) is 0 Å². The maximum absolute atomic E-state index is 11.7. The minimum Gasteiger partial charge on any atom is -0.444 e. The molecular weight excluding hydrogens is 234 g/mol. The number of amides is 2. The van der Waals surface area contributed by atoms with Crippen molar-refractivity contribution in [3.63, 3.8) is 0 Å². The van der Waals surface area contributed by atoms with Gasteiger partial charge in [-0.3, -0.25) is 4.79 Å². The number of fused-ring (bicyclic) bond motifs is 1. The maximum atomic E-state index is 11.7. The van der Waals surface area contributed by atoms with Crippen molar-refractivity contribution in [2.75, 3.05) is 5.32 Å². The van der Waals surface area contributed by atoms with Crippen LogP contribution < -0.4 is 10.6 Å². The Kier molecular flexibility index (Phi) is 2.94. The van der Waals surface area contributed by atoms with Crippen LogP contribution in [0.4, 0.5) is 10.6 Å². The summed E-state index contributed by atoms with van der Waals surface area (Å²) in [5, 5.41) is 5.12. The predicted octanol–water partition coefficient (Wildman–Crippen LogP) is 1.60. The molecule has 2 N–H and O–H groups in total. The zero-order valence-electron chi connectivity index (χ0n) is 10.5. The molecule has 2 amide bonds. The molecule has 1 aliphatic rings. The van der Waals surface area contributed by atoms with Gasteiger partial charge in [0.2, 0.25) is 0 Å². The topological polar surface area (TPSA) is 80.3 Å². The molecule has 6 nitrogen and oxygen atoms in total. The Bertz CT molecular complexity index is 494. The normalized spacial score (nSPS) is 17.9. The molecule has 2 heterocycles. The molecule has 96 valence electrons. The second kappa shape index (κ2) is 4.29. The number of rotatable bonds is 1. The van der Waals surface area contributed by atoms with Crippen LogP contribution in [-0.4, -0.2) is 22.6 Å². The fourth-order valence-electron chi connectivity index (χ4n) is 1.65. The standard InChI is InChI=1S/C12H15N3O3/c1-12(2,3)18-11(17)14-8-7-5-4-6-13-9(7)15-10(8)16/h4-6,8H,1-3H3,(H,14,17)(H,13,15,16). The summed E-state index contributed by atoms with van der Waals surface area (Å²) in [6.07, 6.45) is 0.953. The number of hydrogen-bond acceptors (Lipinski definition) is 4. The van der Waals surface area contributed by atoms with Crippen LogP contribution in [0.1, 0.15) is 32.4 Å². The zero-order chi connectivity index (χ0) is 13.3. The molecule has 0 spiro atoms. The van der Waals surface area contributed by atoms with Gasteiger partial charge >= 0.3 is 6.09 Å². The van der Waals surface area contributed by atoms with E-state index < -0.39 is 17.7 Å². The van der Waals surface area contributed by atoms with Gasteiger partial charge in [-0.25, -0.2) is 9.78 Å². The van der Waals surface area contributed by atoms with Crippen molar-refractivity contribution in [2.24, 2.45) is 0 Å². The average Bonchev–Trinajstić information content (AvgIpc) is 2.53. The van der Waals surface area contributed by atoms with Crippen LogP contribution >= 0.6 is 0 Å². The molecule has 0 aromatic carbocycles. The number of nitrogens with one attached hydrogen (secondary N) is 2. The van der Waals surface area contributed by atoms with Crippen molar-refractivity contribution in [2.45, 2.75) is 32.4 Å². The lowest BCUT2D eigenvalue weighted by Gasteiger charge is -2.21. The highest BCUT2D eigenvalue weighted by Crippen LogP contribution is 2.28. The van der Waals surface area contributed by atoms with Crippen molar-refractivity contribution in [3.05, 3.63) is 23.9 Å². The summed E-state index contributed by atoms with van der Waals surface area (Å²) < 4.78 is 5.11. The molecule has 1 atom stereocenters. The minimum atomic E-state index is -0.747. The van der Waals surface area contributed by atoms with Crippen LogP contribution in [0.5, 0.6) is 0 Å². The van der Waals surface area contributed by atoms with Crippen LogP contribution in [-0.2, 0) is 9.53 Å². The first kappa shape index (κ1) is 12.3. The van der Waals surface area contributed by atoms with E-state index in [0.717, 1.165) is 0 Å². The Hall–Kier alpha value is -2.11. The van der Waals surface area contributed by atoms with Gasteiger partial charge in [0.1, 0.15) is 17.5 Å². The van der Waals surface area contributed by atoms with Crippen LogP contribution in [0.25, 0.3) is 0 Å². The third-order valence-electron chi connectivity index (χ3n) is 2.31. The third-order valence-corrected chi connectivity index (χ3v) is 2.31. The lowest BCUT2D eigenvalue weighted by atomic mass is 10.1. The quantitative estimate of drug-likeness (QED) is 0.792. The van der Waals surface area contributed by atoms with Gasteiger partial charge in [-0.15, -0.1) is 0 Å². The monoisotopic (exact) mass is 249 g/mol. The second-order valence-electron chi connectivity index (χ2n) is 5.01. The van der Waals surface area contributed by atoms with Crippen molar-refractivity contribution in [1.82, 2.24) is 10.3 Å². The van der Waals surface area contributed by atoms with Crippen molar-refractivity contribution in [1.29, 1.82) is 0 Å². The van der Waals surface area contributed by atoms with E-state index in [2.05, 4.69) is 15.6 Å². The van der Waals surface area contributed by atoms with E-state index in [0.29, 0.717) is 11.4 Å². The minimum absolute atomic E-state index is 0.311. The smallest absolute Gasteiger partial charge is 0.408 e. The Balaban J connectivity index is 2.11. The fraction of sp³-hybridized carbons (Fsp3) is 0.417. The number of pyridine rings is 1. The number of anilines is 1. The first-order valence-electron chi connectivity index (χ1n) is 5.62. The van der Waals surface area contributed by atoms with Gasteiger partial charge in [-0.05, 0) is 26.8 Å². The zero-order valence-corrected chi connectivity index (χ0v) is 10.5. The molecule has 6 heteroatoms. The number of hydrogen-bond donors (Lipinski definition) is 2. The molecule has 18 heavy (non-hydrogen) atoms. The van der Waals surface area contributed by atoms with Gasteiger partial charge < -0.3 is 15.4 Å². The highest BCUT2D eigenvalue weighted by molar-refractivity contribution is 6.02. The third kappa shape index (κ3) is 2.58. The Morgan fingerprint density at radius 3 is 2.89 bits per heavy atom. The number of nitrogens with zero attached hydrogens (tertiary/aromatic N) is 1. The summed E-state index contributed by atoms with van der Waals surface area (Å²) >= 11 is 0. The van der Waals surface area contributed by atoms with Crippen molar-refractivity contribution >= 4 is 17.8 Å². The molecule has 0 radical (unpaired) electrons. The van der Waals surface area contributed by atoms with E-state index in [-0.39, 0.29) is 5.91 Å². The molecule has 0 bridgehead atoms. The molecule has 0 saturated heterocycles. The highest BCUT2D eigenvalue weighted by atomic mass is 16.6.